The number of unbranched alkanes of at least 4 members (excludes halogenated alkanes) is 1. The fourth-order valence-corrected chi connectivity index (χ4v) is 2.21. The Morgan fingerprint density at radius 1 is 1.27 bits per heavy atom. The van der Waals surface area contributed by atoms with Crippen LogP contribution < -0.4 is 15.2 Å². The largest absolute Gasteiger partial charge is 0.468 e. The number of hydrogen-bond donors (Lipinski definition) is 1. The molecule has 22 heavy (non-hydrogen) atoms. The van der Waals surface area contributed by atoms with Gasteiger partial charge in [-0.2, -0.15) is 15.0 Å². The Morgan fingerprint density at radius 2 is 2.05 bits per heavy atom. The van der Waals surface area contributed by atoms with Gasteiger partial charge < -0.3 is 15.2 Å². The van der Waals surface area contributed by atoms with Crippen LogP contribution in [0.2, 0.25) is 0 Å². The van der Waals surface area contributed by atoms with Crippen LogP contribution in [-0.2, 0) is 6.54 Å². The molecule has 0 aliphatic carbocycles. The standard InChI is InChI=1S/C14H22ClN5O2/c1-4-9(2)22-13-18-11(16)10-12(19-13)20(8-6-5-7-15)14(17-10)21-3/h9H,4-8H2,1-3H3,(H2,16,18,19)/t9-/m0/s1. The summed E-state index contributed by atoms with van der Waals surface area (Å²) in [4.78, 5) is 13.0. The minimum absolute atomic E-state index is 0.0198. The first kappa shape index (κ1) is 16.6. The minimum atomic E-state index is 0.0198. The Balaban J connectivity index is 2.41. The van der Waals surface area contributed by atoms with Gasteiger partial charge >= 0.3 is 6.01 Å². The van der Waals surface area contributed by atoms with E-state index in [0.29, 0.717) is 29.6 Å². The number of nitrogen functional groups attached to an aromatic ring is 1. The van der Waals surface area contributed by atoms with E-state index in [-0.39, 0.29) is 17.9 Å². The molecule has 122 valence electrons. The zero-order valence-electron chi connectivity index (χ0n) is 13.2. The number of rotatable bonds is 8. The molecule has 0 aliphatic rings. The summed E-state index contributed by atoms with van der Waals surface area (Å²) in [6.45, 7) is 4.69. The number of nitrogens with two attached hydrogens (primary N) is 1. The lowest BCUT2D eigenvalue weighted by Gasteiger charge is -2.11. The van der Waals surface area contributed by atoms with E-state index >= 15 is 0 Å². The van der Waals surface area contributed by atoms with Crippen molar-refractivity contribution >= 4 is 28.6 Å². The quantitative estimate of drug-likeness (QED) is 0.592. The molecule has 8 heteroatoms. The molecule has 0 saturated heterocycles. The van der Waals surface area contributed by atoms with Crippen molar-refractivity contribution in [1.29, 1.82) is 0 Å². The van der Waals surface area contributed by atoms with Gasteiger partial charge in [0.05, 0.1) is 13.2 Å². The highest BCUT2D eigenvalue weighted by molar-refractivity contribution is 6.17. The second kappa shape index (κ2) is 7.49. The third-order valence-corrected chi connectivity index (χ3v) is 3.66. The van der Waals surface area contributed by atoms with Crippen LogP contribution in [0.15, 0.2) is 0 Å². The predicted molar refractivity (Wildman–Crippen MR) is 86.6 cm³/mol. The first-order chi connectivity index (χ1) is 10.6. The van der Waals surface area contributed by atoms with Crippen LogP contribution in [0.4, 0.5) is 5.82 Å². The molecule has 2 rings (SSSR count). The van der Waals surface area contributed by atoms with Crippen molar-refractivity contribution < 1.29 is 9.47 Å². The number of hydrogen-bond acceptors (Lipinski definition) is 6. The lowest BCUT2D eigenvalue weighted by atomic mass is 10.3. The number of imidazole rings is 1. The van der Waals surface area contributed by atoms with Gasteiger partial charge in [0, 0.05) is 12.4 Å². The SMILES string of the molecule is CC[C@H](C)Oc1nc(N)c2nc(OC)n(CCCCCl)c2n1. The lowest BCUT2D eigenvalue weighted by molar-refractivity contribution is 0.200. The summed E-state index contributed by atoms with van der Waals surface area (Å²) in [5.74, 6) is 0.909. The smallest absolute Gasteiger partial charge is 0.320 e. The van der Waals surface area contributed by atoms with Gasteiger partial charge in [-0.15, -0.1) is 11.6 Å². The van der Waals surface area contributed by atoms with Crippen molar-refractivity contribution in [2.75, 3.05) is 18.7 Å². The van der Waals surface area contributed by atoms with Crippen molar-refractivity contribution in [3.05, 3.63) is 0 Å². The zero-order valence-corrected chi connectivity index (χ0v) is 13.9. The van der Waals surface area contributed by atoms with Crippen molar-refractivity contribution in [2.45, 2.75) is 45.8 Å². The molecule has 0 saturated carbocycles. The number of halogens is 1. The summed E-state index contributed by atoms with van der Waals surface area (Å²) < 4.78 is 12.9. The van der Waals surface area contributed by atoms with Crippen LogP contribution in [0.1, 0.15) is 33.1 Å². The predicted octanol–water partition coefficient (Wildman–Crippen LogP) is 2.61. The number of anilines is 1. The molecule has 2 aromatic heterocycles. The van der Waals surface area contributed by atoms with E-state index in [0.717, 1.165) is 19.3 Å². The van der Waals surface area contributed by atoms with Gasteiger partial charge in [-0.3, -0.25) is 4.57 Å². The molecule has 0 unspecified atom stereocenters. The van der Waals surface area contributed by atoms with Gasteiger partial charge in [0.15, 0.2) is 17.0 Å². The average Bonchev–Trinajstić information content (AvgIpc) is 2.86. The summed E-state index contributed by atoms with van der Waals surface area (Å²) in [5.41, 5.74) is 7.13. The number of methoxy groups -OCH3 is 1. The van der Waals surface area contributed by atoms with Crippen LogP contribution >= 0.6 is 11.6 Å². The molecule has 0 radical (unpaired) electrons. The molecule has 0 fully saturated rings. The maximum atomic E-state index is 5.98. The van der Waals surface area contributed by atoms with Crippen LogP contribution in [-0.4, -0.2) is 38.6 Å². The topological polar surface area (TPSA) is 88.1 Å². The average molecular weight is 328 g/mol. The maximum Gasteiger partial charge on any atom is 0.320 e. The van der Waals surface area contributed by atoms with Gasteiger partial charge in [0.2, 0.25) is 0 Å². The van der Waals surface area contributed by atoms with E-state index < -0.39 is 0 Å². The summed E-state index contributed by atoms with van der Waals surface area (Å²) in [6.07, 6.45) is 2.68. The zero-order chi connectivity index (χ0) is 16.1. The first-order valence-corrected chi connectivity index (χ1v) is 7.94. The molecule has 1 atom stereocenters. The number of nitrogens with zero attached hydrogens (tertiary/aromatic N) is 4. The van der Waals surface area contributed by atoms with E-state index in [1.807, 2.05) is 18.4 Å². The molecule has 7 nitrogen and oxygen atoms in total. The summed E-state index contributed by atoms with van der Waals surface area (Å²) in [5, 5.41) is 0. The first-order valence-electron chi connectivity index (χ1n) is 7.41. The number of alkyl halides is 1. The Morgan fingerprint density at radius 3 is 2.68 bits per heavy atom. The number of aryl methyl sites for hydroxylation is 1. The maximum absolute atomic E-state index is 5.98. The fourth-order valence-electron chi connectivity index (χ4n) is 2.02. The van der Waals surface area contributed by atoms with E-state index in [1.165, 1.54) is 0 Å². The molecule has 0 amide bonds. The molecule has 2 aromatic rings. The third kappa shape index (κ3) is 3.52. The molecule has 0 bridgehead atoms. The van der Waals surface area contributed by atoms with Crippen molar-refractivity contribution in [3.8, 4) is 12.0 Å². The van der Waals surface area contributed by atoms with Gasteiger partial charge in [0.25, 0.3) is 6.01 Å². The number of fused-ring (bicyclic) bond motifs is 1. The minimum Gasteiger partial charge on any atom is -0.468 e. The van der Waals surface area contributed by atoms with E-state index in [9.17, 15) is 0 Å². The van der Waals surface area contributed by atoms with Crippen LogP contribution in [0, 0.1) is 0 Å². The van der Waals surface area contributed by atoms with Crippen molar-refractivity contribution in [1.82, 2.24) is 19.5 Å². The van der Waals surface area contributed by atoms with Gasteiger partial charge in [-0.05, 0) is 26.2 Å². The van der Waals surface area contributed by atoms with Crippen molar-refractivity contribution in [3.63, 3.8) is 0 Å². The van der Waals surface area contributed by atoms with Crippen LogP contribution in [0.25, 0.3) is 11.2 Å². The molecule has 0 aliphatic heterocycles. The van der Waals surface area contributed by atoms with Gasteiger partial charge in [-0.25, -0.2) is 0 Å². The van der Waals surface area contributed by atoms with Crippen LogP contribution in [0.3, 0.4) is 0 Å². The summed E-state index contributed by atoms with van der Waals surface area (Å²) in [7, 11) is 1.57. The fraction of sp³-hybridized carbons (Fsp3) is 0.643. The highest BCUT2D eigenvalue weighted by Gasteiger charge is 2.18. The molecule has 0 aromatic carbocycles. The second-order valence-corrected chi connectivity index (χ2v) is 5.42. The Bertz CT molecular complexity index is 631. The number of ether oxygens (including phenoxy) is 2. The van der Waals surface area contributed by atoms with Crippen LogP contribution in [0.5, 0.6) is 12.0 Å². The Kier molecular flexibility index (Phi) is 5.65. The normalized spacial score (nSPS) is 12.5. The monoisotopic (exact) mass is 327 g/mol. The molecule has 2 heterocycles. The molecule has 0 spiro atoms. The van der Waals surface area contributed by atoms with E-state index in [4.69, 9.17) is 26.8 Å². The Hall–Kier alpha value is -1.76. The summed E-state index contributed by atoms with van der Waals surface area (Å²) in [6, 6.07) is 0.728. The highest BCUT2D eigenvalue weighted by atomic mass is 35.5. The van der Waals surface area contributed by atoms with E-state index in [1.54, 1.807) is 7.11 Å². The van der Waals surface area contributed by atoms with Gasteiger partial charge in [-0.1, -0.05) is 6.92 Å². The van der Waals surface area contributed by atoms with Gasteiger partial charge in [0.1, 0.15) is 0 Å². The van der Waals surface area contributed by atoms with Crippen molar-refractivity contribution in [2.24, 2.45) is 0 Å². The highest BCUT2D eigenvalue weighted by Crippen LogP contribution is 2.26. The Labute approximate surface area is 134 Å². The molecule has 2 N–H and O–H groups in total. The lowest BCUT2D eigenvalue weighted by Crippen LogP contribution is -2.13. The number of aromatic nitrogens is 4. The molecular weight excluding hydrogens is 306 g/mol. The molecular formula is C14H22ClN5O2. The van der Waals surface area contributed by atoms with E-state index in [2.05, 4.69) is 15.0 Å². The summed E-state index contributed by atoms with van der Waals surface area (Å²) >= 11 is 5.74. The second-order valence-electron chi connectivity index (χ2n) is 5.05. The third-order valence-electron chi connectivity index (χ3n) is 3.40.